The molecule has 0 aliphatic carbocycles. The van der Waals surface area contributed by atoms with Gasteiger partial charge in [0.25, 0.3) is 0 Å². The second kappa shape index (κ2) is 3.49. The predicted molar refractivity (Wildman–Crippen MR) is 57.7 cm³/mol. The van der Waals surface area contributed by atoms with Crippen LogP contribution in [0.15, 0.2) is 18.3 Å². The monoisotopic (exact) mass is 289 g/mol. The number of hydrogen-bond donors (Lipinski definition) is 1. The van der Waals surface area contributed by atoms with Gasteiger partial charge in [-0.2, -0.15) is 0 Å². The largest absolute Gasteiger partial charge is 0.336 e. The van der Waals surface area contributed by atoms with E-state index in [-0.39, 0.29) is 6.03 Å². The molecule has 1 saturated heterocycles. The van der Waals surface area contributed by atoms with Crippen LogP contribution in [-0.2, 0) is 0 Å². The zero-order valence-electron chi connectivity index (χ0n) is 6.83. The van der Waals surface area contributed by atoms with Crippen LogP contribution < -0.4 is 10.2 Å². The molecule has 2 heterocycles. The minimum atomic E-state index is -0.0587. The molecule has 1 fully saturated rings. The summed E-state index contributed by atoms with van der Waals surface area (Å²) in [5, 5.41) is 2.74. The van der Waals surface area contributed by atoms with Crippen molar-refractivity contribution in [2.75, 3.05) is 18.0 Å². The smallest absolute Gasteiger partial charge is 0.323 e. The van der Waals surface area contributed by atoms with Crippen LogP contribution in [0, 0.1) is 3.57 Å². The molecule has 0 saturated carbocycles. The first-order valence-corrected chi connectivity index (χ1v) is 5.03. The van der Waals surface area contributed by atoms with Crippen molar-refractivity contribution >= 4 is 34.4 Å². The number of aromatic nitrogens is 1. The fraction of sp³-hybridized carbons (Fsp3) is 0.250. The van der Waals surface area contributed by atoms with E-state index in [1.807, 2.05) is 12.1 Å². The number of anilines is 1. The quantitative estimate of drug-likeness (QED) is 0.790. The number of nitrogens with zero attached hydrogens (tertiary/aromatic N) is 2. The Morgan fingerprint density at radius 1 is 1.62 bits per heavy atom. The molecule has 2 rings (SSSR count). The molecule has 1 aromatic rings. The molecule has 0 bridgehead atoms. The van der Waals surface area contributed by atoms with Gasteiger partial charge < -0.3 is 5.32 Å². The molecule has 0 aromatic carbocycles. The summed E-state index contributed by atoms with van der Waals surface area (Å²) in [5.74, 6) is 0.748. The van der Waals surface area contributed by atoms with Gasteiger partial charge in [0, 0.05) is 19.3 Å². The summed E-state index contributed by atoms with van der Waals surface area (Å²) in [6.07, 6.45) is 1.70. The van der Waals surface area contributed by atoms with Gasteiger partial charge in [-0.15, -0.1) is 0 Å². The fourth-order valence-electron chi connectivity index (χ4n) is 1.25. The summed E-state index contributed by atoms with van der Waals surface area (Å²) in [5.41, 5.74) is 0. The Hall–Kier alpha value is -0.850. The van der Waals surface area contributed by atoms with Crippen molar-refractivity contribution in [3.05, 3.63) is 21.9 Å². The van der Waals surface area contributed by atoms with Crippen LogP contribution in [0.3, 0.4) is 0 Å². The van der Waals surface area contributed by atoms with Crippen molar-refractivity contribution in [1.82, 2.24) is 10.3 Å². The van der Waals surface area contributed by atoms with Crippen molar-refractivity contribution in [2.45, 2.75) is 0 Å². The van der Waals surface area contributed by atoms with Crippen LogP contribution in [0.5, 0.6) is 0 Å². The number of amides is 2. The molecular formula is C8H8IN3O. The first-order valence-electron chi connectivity index (χ1n) is 3.95. The molecule has 13 heavy (non-hydrogen) atoms. The van der Waals surface area contributed by atoms with Gasteiger partial charge in [-0.1, -0.05) is 0 Å². The molecule has 0 unspecified atom stereocenters. The van der Waals surface area contributed by atoms with E-state index in [0.717, 1.165) is 9.39 Å². The van der Waals surface area contributed by atoms with E-state index in [1.165, 1.54) is 0 Å². The van der Waals surface area contributed by atoms with Gasteiger partial charge >= 0.3 is 6.03 Å². The molecule has 0 atom stereocenters. The van der Waals surface area contributed by atoms with E-state index in [4.69, 9.17) is 0 Å². The highest BCUT2D eigenvalue weighted by molar-refractivity contribution is 14.1. The van der Waals surface area contributed by atoms with Gasteiger partial charge in [0.05, 0.1) is 3.57 Å². The topological polar surface area (TPSA) is 45.2 Å². The summed E-state index contributed by atoms with van der Waals surface area (Å²) >= 11 is 2.18. The summed E-state index contributed by atoms with van der Waals surface area (Å²) < 4.78 is 0.997. The average molecular weight is 289 g/mol. The van der Waals surface area contributed by atoms with Gasteiger partial charge in [-0.25, -0.2) is 9.78 Å². The van der Waals surface area contributed by atoms with Gasteiger partial charge in [0.2, 0.25) is 0 Å². The number of pyridine rings is 1. The average Bonchev–Trinajstić information content (AvgIpc) is 2.52. The molecule has 4 nitrogen and oxygen atoms in total. The van der Waals surface area contributed by atoms with Crippen LogP contribution in [0.1, 0.15) is 0 Å². The highest BCUT2D eigenvalue weighted by Gasteiger charge is 2.23. The van der Waals surface area contributed by atoms with Gasteiger partial charge in [-0.05, 0) is 34.7 Å². The second-order valence-corrected chi connectivity index (χ2v) is 3.85. The summed E-state index contributed by atoms with van der Waals surface area (Å²) in [7, 11) is 0. The minimum absolute atomic E-state index is 0.0587. The molecule has 0 spiro atoms. The molecule has 5 heteroatoms. The van der Waals surface area contributed by atoms with Gasteiger partial charge in [0.15, 0.2) is 0 Å². The van der Waals surface area contributed by atoms with Crippen LogP contribution in [0.4, 0.5) is 10.6 Å². The zero-order valence-corrected chi connectivity index (χ0v) is 8.98. The Morgan fingerprint density at radius 3 is 3.08 bits per heavy atom. The number of halogens is 1. The molecule has 1 aliphatic rings. The Bertz CT molecular complexity index is 342. The number of rotatable bonds is 1. The first-order chi connectivity index (χ1) is 6.29. The number of hydrogen-bond acceptors (Lipinski definition) is 2. The molecule has 1 aromatic heterocycles. The third-order valence-electron chi connectivity index (χ3n) is 1.85. The molecule has 2 amide bonds. The lowest BCUT2D eigenvalue weighted by Gasteiger charge is -2.13. The normalized spacial score (nSPS) is 16.1. The third kappa shape index (κ3) is 1.60. The number of urea groups is 1. The molecular weight excluding hydrogens is 281 g/mol. The molecule has 1 N–H and O–H groups in total. The lowest BCUT2D eigenvalue weighted by Crippen LogP contribution is -2.29. The first kappa shape index (κ1) is 8.74. The standard InChI is InChI=1S/C8H8IN3O/c9-6-2-1-3-10-7(6)12-5-4-11-8(12)13/h1-3H,4-5H2,(H,11,13). The van der Waals surface area contributed by atoms with Crippen molar-refractivity contribution in [3.63, 3.8) is 0 Å². The fourth-order valence-corrected chi connectivity index (χ4v) is 1.89. The molecule has 68 valence electrons. The minimum Gasteiger partial charge on any atom is -0.336 e. The zero-order chi connectivity index (χ0) is 9.26. The molecule has 0 radical (unpaired) electrons. The maximum Gasteiger partial charge on any atom is 0.323 e. The van der Waals surface area contributed by atoms with Crippen molar-refractivity contribution in [2.24, 2.45) is 0 Å². The highest BCUT2D eigenvalue weighted by Crippen LogP contribution is 2.19. The SMILES string of the molecule is O=C1NCCN1c1ncccc1I. The van der Waals surface area contributed by atoms with E-state index < -0.39 is 0 Å². The van der Waals surface area contributed by atoms with Crippen molar-refractivity contribution < 1.29 is 4.79 Å². The molecule has 1 aliphatic heterocycles. The second-order valence-electron chi connectivity index (χ2n) is 2.69. The Kier molecular flexibility index (Phi) is 2.34. The van der Waals surface area contributed by atoms with E-state index in [0.29, 0.717) is 13.1 Å². The Labute approximate surface area is 89.5 Å². The maximum absolute atomic E-state index is 11.3. The Morgan fingerprint density at radius 2 is 2.46 bits per heavy atom. The number of carbonyl (C=O) groups is 1. The van der Waals surface area contributed by atoms with E-state index in [9.17, 15) is 4.79 Å². The summed E-state index contributed by atoms with van der Waals surface area (Å²) in [4.78, 5) is 17.1. The van der Waals surface area contributed by atoms with Crippen molar-refractivity contribution in [3.8, 4) is 0 Å². The van der Waals surface area contributed by atoms with Crippen molar-refractivity contribution in [1.29, 1.82) is 0 Å². The lowest BCUT2D eigenvalue weighted by atomic mass is 10.4. The lowest BCUT2D eigenvalue weighted by molar-refractivity contribution is 0.252. The summed E-state index contributed by atoms with van der Waals surface area (Å²) in [6, 6.07) is 3.74. The highest BCUT2D eigenvalue weighted by atomic mass is 127. The van der Waals surface area contributed by atoms with Gasteiger partial charge in [-0.3, -0.25) is 4.90 Å². The third-order valence-corrected chi connectivity index (χ3v) is 2.69. The number of carbonyl (C=O) groups excluding carboxylic acids is 1. The van der Waals surface area contributed by atoms with E-state index in [2.05, 4.69) is 32.9 Å². The van der Waals surface area contributed by atoms with E-state index in [1.54, 1.807) is 11.1 Å². The van der Waals surface area contributed by atoms with Crippen LogP contribution >= 0.6 is 22.6 Å². The predicted octanol–water partition coefficient (Wildman–Crippen LogP) is 1.22. The maximum atomic E-state index is 11.3. The number of nitrogens with one attached hydrogen (secondary N) is 1. The van der Waals surface area contributed by atoms with Crippen LogP contribution in [-0.4, -0.2) is 24.1 Å². The Balaban J connectivity index is 2.34. The van der Waals surface area contributed by atoms with Crippen LogP contribution in [0.25, 0.3) is 0 Å². The van der Waals surface area contributed by atoms with E-state index >= 15 is 0 Å². The summed E-state index contributed by atoms with van der Waals surface area (Å²) in [6.45, 7) is 1.40. The van der Waals surface area contributed by atoms with Gasteiger partial charge in [0.1, 0.15) is 5.82 Å². The van der Waals surface area contributed by atoms with Crippen LogP contribution in [0.2, 0.25) is 0 Å².